The van der Waals surface area contributed by atoms with Crippen LogP contribution in [0.3, 0.4) is 0 Å². The fraction of sp³-hybridized carbons (Fsp3) is 0.118. The highest BCUT2D eigenvalue weighted by Crippen LogP contribution is 2.30. The Morgan fingerprint density at radius 2 is 0.500 bits per heavy atom. The first kappa shape index (κ1) is 43.8. The van der Waals surface area contributed by atoms with Crippen LogP contribution in [0.25, 0.3) is 0 Å². The van der Waals surface area contributed by atoms with Gasteiger partial charge in [0.05, 0.1) is 12.5 Å². The number of benzene rings is 5. The number of halogens is 20. The summed E-state index contributed by atoms with van der Waals surface area (Å²) in [6.45, 7) is 2.13. The molecule has 0 aromatic heterocycles. The first-order valence-corrected chi connectivity index (χ1v) is 16.9. The van der Waals surface area contributed by atoms with Crippen LogP contribution in [-0.4, -0.2) is 18.7 Å². The Bertz CT molecular complexity index is 2000. The molecule has 0 fully saturated rings. The van der Waals surface area contributed by atoms with E-state index < -0.39 is 144 Å². The molecule has 0 aliphatic heterocycles. The summed E-state index contributed by atoms with van der Waals surface area (Å²) >= 11 is 0. The molecule has 5 rings (SSSR count). The summed E-state index contributed by atoms with van der Waals surface area (Å²) < 4.78 is 294. The molecule has 0 spiro atoms. The van der Waals surface area contributed by atoms with Crippen molar-refractivity contribution in [1.82, 2.24) is 0 Å². The zero-order valence-corrected chi connectivity index (χ0v) is 28.4. The molecule has 300 valence electrons. The van der Waals surface area contributed by atoms with Gasteiger partial charge in [0.25, 0.3) is 0 Å². The maximum absolute atomic E-state index is 15.4. The lowest BCUT2D eigenvalue weighted by molar-refractivity contribution is 0.378. The monoisotopic (exact) mass is 846 g/mol. The summed E-state index contributed by atoms with van der Waals surface area (Å²) in [4.78, 5) is 0. The molecule has 0 unspecified atom stereocenters. The number of hydrogen-bond donors (Lipinski definition) is 0. The summed E-state index contributed by atoms with van der Waals surface area (Å²) in [5.41, 5.74) is -11.5. The topological polar surface area (TPSA) is 0 Å². The van der Waals surface area contributed by atoms with Crippen LogP contribution in [0, 0.1) is 123 Å². The van der Waals surface area contributed by atoms with E-state index in [-0.39, 0.29) is 0 Å². The predicted octanol–water partition coefficient (Wildman–Crippen LogP) is 8.22. The summed E-state index contributed by atoms with van der Waals surface area (Å²) in [5, 5.41) is 0. The number of aryl methyl sites for hydroxylation is 1. The zero-order valence-electron chi connectivity index (χ0n) is 27.6. The summed E-state index contributed by atoms with van der Waals surface area (Å²) in [6, 6.07) is 8.81. The van der Waals surface area contributed by atoms with Gasteiger partial charge in [0.1, 0.15) is 58.4 Å². The van der Waals surface area contributed by atoms with Crippen molar-refractivity contribution in [2.45, 2.75) is 12.7 Å². The molecular formula is C34H15BF20S. The van der Waals surface area contributed by atoms with Crippen molar-refractivity contribution >= 4 is 38.9 Å². The number of rotatable bonds is 6. The van der Waals surface area contributed by atoms with E-state index in [0.717, 1.165) is 0 Å². The highest BCUT2D eigenvalue weighted by atomic mass is 32.2. The van der Waals surface area contributed by atoms with Gasteiger partial charge in [0, 0.05) is 5.56 Å². The Balaban J connectivity index is 0.000000544. The van der Waals surface area contributed by atoms with Crippen LogP contribution < -0.4 is 21.9 Å². The third-order valence-electron chi connectivity index (χ3n) is 8.28. The molecule has 56 heavy (non-hydrogen) atoms. The van der Waals surface area contributed by atoms with Gasteiger partial charge in [-0.1, -0.05) is 29.8 Å². The second kappa shape index (κ2) is 15.9. The fourth-order valence-electron chi connectivity index (χ4n) is 5.89. The highest BCUT2D eigenvalue weighted by Gasteiger charge is 2.52. The Kier molecular flexibility index (Phi) is 12.5. The van der Waals surface area contributed by atoms with E-state index in [2.05, 4.69) is 43.7 Å². The lowest BCUT2D eigenvalue weighted by Gasteiger charge is -2.44. The lowest BCUT2D eigenvalue weighted by Crippen LogP contribution is -2.81. The van der Waals surface area contributed by atoms with E-state index in [4.69, 9.17) is 0 Å². The van der Waals surface area contributed by atoms with Gasteiger partial charge >= 0.3 is 0 Å². The van der Waals surface area contributed by atoms with E-state index in [9.17, 15) is 52.7 Å². The Morgan fingerprint density at radius 1 is 0.321 bits per heavy atom. The van der Waals surface area contributed by atoms with Gasteiger partial charge in [-0.2, -0.15) is 0 Å². The minimum atomic E-state index is -7.22. The SMILES string of the molecule is Cc1ccc(C[S+](C)C)cc1.Fc1c(F)c(F)c([B-](c2c(F)c(F)c(F)c(F)c2F)(c2c(F)c(F)c(F)c(F)c2F)c2c(F)c(F)c(F)c(F)c2F)c(F)c1F. The van der Waals surface area contributed by atoms with Crippen molar-refractivity contribution in [3.63, 3.8) is 0 Å². The van der Waals surface area contributed by atoms with Crippen molar-refractivity contribution in [3.8, 4) is 0 Å². The molecule has 0 bridgehead atoms. The summed E-state index contributed by atoms with van der Waals surface area (Å²) in [6.07, 6.45) is -2.66. The molecule has 0 atom stereocenters. The molecule has 5 aromatic rings. The second-order valence-electron chi connectivity index (χ2n) is 11.9. The van der Waals surface area contributed by atoms with Crippen molar-refractivity contribution in [2.75, 3.05) is 12.5 Å². The summed E-state index contributed by atoms with van der Waals surface area (Å²) in [7, 11) is 0.527. The lowest BCUT2D eigenvalue weighted by atomic mass is 9.12. The molecule has 0 aliphatic carbocycles. The summed E-state index contributed by atoms with van der Waals surface area (Å²) in [5.74, 6) is -70.2. The Hall–Kier alpha value is -4.89. The van der Waals surface area contributed by atoms with E-state index in [1.54, 1.807) is 0 Å². The third kappa shape index (κ3) is 6.82. The molecule has 0 saturated heterocycles. The second-order valence-corrected chi connectivity index (χ2v) is 14.2. The average molecular weight is 846 g/mol. The average Bonchev–Trinajstić information content (AvgIpc) is 3.15. The van der Waals surface area contributed by atoms with Gasteiger partial charge < -0.3 is 0 Å². The molecule has 0 saturated carbocycles. The molecule has 0 nitrogen and oxygen atoms in total. The van der Waals surface area contributed by atoms with Crippen molar-refractivity contribution in [3.05, 3.63) is 152 Å². The van der Waals surface area contributed by atoms with Crippen molar-refractivity contribution in [1.29, 1.82) is 0 Å². The minimum Gasteiger partial charge on any atom is -0.207 e. The van der Waals surface area contributed by atoms with Crippen LogP contribution in [0.4, 0.5) is 87.8 Å². The van der Waals surface area contributed by atoms with Gasteiger partial charge in [0.2, 0.25) is 0 Å². The largest absolute Gasteiger partial charge is 0.207 e. The molecule has 0 amide bonds. The fourth-order valence-corrected chi connectivity index (χ4v) is 6.75. The quantitative estimate of drug-likeness (QED) is 0.0532. The molecule has 0 heterocycles. The van der Waals surface area contributed by atoms with Crippen LogP contribution in [0.15, 0.2) is 24.3 Å². The normalized spacial score (nSPS) is 11.7. The molecule has 22 heteroatoms. The van der Waals surface area contributed by atoms with Gasteiger partial charge in [-0.3, -0.25) is 0 Å². The van der Waals surface area contributed by atoms with Crippen LogP contribution in [-0.2, 0) is 16.6 Å². The van der Waals surface area contributed by atoms with Crippen LogP contribution in [0.2, 0.25) is 0 Å². The van der Waals surface area contributed by atoms with Crippen LogP contribution >= 0.6 is 0 Å². The van der Waals surface area contributed by atoms with Crippen molar-refractivity contribution in [2.24, 2.45) is 0 Å². The molecule has 5 aromatic carbocycles. The Labute approximate surface area is 303 Å². The maximum atomic E-state index is 15.4. The van der Waals surface area contributed by atoms with Gasteiger partial charge in [0.15, 0.2) is 69.8 Å². The maximum Gasteiger partial charge on any atom is 0.200 e. The minimum absolute atomic E-state index is 0.527. The molecule has 0 radical (unpaired) electrons. The van der Waals surface area contributed by atoms with Crippen LogP contribution in [0.5, 0.6) is 0 Å². The van der Waals surface area contributed by atoms with Gasteiger partial charge in [-0.05, 0) is 17.8 Å². The molecule has 0 aliphatic rings. The highest BCUT2D eigenvalue weighted by molar-refractivity contribution is 7.94. The molecular weight excluding hydrogens is 831 g/mol. The molecule has 0 N–H and O–H groups in total. The van der Waals surface area contributed by atoms with E-state index in [1.807, 2.05) is 0 Å². The first-order valence-electron chi connectivity index (χ1n) is 14.7. The van der Waals surface area contributed by atoms with Crippen LogP contribution in [0.1, 0.15) is 11.1 Å². The number of hydrogen-bond acceptors (Lipinski definition) is 0. The predicted molar refractivity (Wildman–Crippen MR) is 163 cm³/mol. The van der Waals surface area contributed by atoms with Gasteiger partial charge in [-0.15, -0.1) is 21.9 Å². The van der Waals surface area contributed by atoms with Gasteiger partial charge in [-0.25, -0.2) is 87.8 Å². The van der Waals surface area contributed by atoms with E-state index in [1.165, 1.54) is 16.9 Å². The first-order chi connectivity index (χ1) is 25.9. The third-order valence-corrected chi connectivity index (χ3v) is 9.19. The smallest absolute Gasteiger partial charge is 0.200 e. The van der Waals surface area contributed by atoms with E-state index in [0.29, 0.717) is 10.9 Å². The Morgan fingerprint density at radius 3 is 0.679 bits per heavy atom. The van der Waals surface area contributed by atoms with Crippen molar-refractivity contribution < 1.29 is 87.8 Å². The van der Waals surface area contributed by atoms with E-state index >= 15 is 35.1 Å². The standard InChI is InChI=1S/C24BF20.C10H15S/c26-5-1(6(27)14(35)21(42)13(5)34)25(2-7(28)15(36)22(43)16(37)8(2)29,3-9(30)17(38)23(44)18(39)10(3)31)4-11(32)19(40)24(45)20(41)12(4)33;1-9-4-6-10(7-5-9)8-11(2)3/h;4-7H,8H2,1-3H3/q-1;+1. The zero-order chi connectivity index (χ0) is 42.6.